The second kappa shape index (κ2) is 7.72. The van der Waals surface area contributed by atoms with E-state index in [0.29, 0.717) is 6.54 Å². The molecule has 1 aliphatic rings. The van der Waals surface area contributed by atoms with Gasteiger partial charge in [0.2, 0.25) is 11.8 Å². The Kier molecular flexibility index (Phi) is 5.11. The molecule has 29 heavy (non-hydrogen) atoms. The number of carbonyl (C=O) groups is 2. The van der Waals surface area contributed by atoms with E-state index in [1.54, 1.807) is 11.8 Å². The first-order valence-corrected chi connectivity index (χ1v) is 9.82. The fourth-order valence-electron chi connectivity index (χ4n) is 3.80. The van der Waals surface area contributed by atoms with Crippen LogP contribution in [0.4, 0.5) is 11.4 Å². The van der Waals surface area contributed by atoms with Gasteiger partial charge in [-0.1, -0.05) is 18.2 Å². The van der Waals surface area contributed by atoms with Gasteiger partial charge in [-0.3, -0.25) is 14.5 Å². The van der Waals surface area contributed by atoms with Crippen molar-refractivity contribution in [2.45, 2.75) is 26.3 Å². The van der Waals surface area contributed by atoms with Gasteiger partial charge in [-0.25, -0.2) is 0 Å². The highest BCUT2D eigenvalue weighted by molar-refractivity contribution is 5.96. The van der Waals surface area contributed by atoms with Crippen LogP contribution in [0.5, 0.6) is 0 Å². The molecule has 0 fully saturated rings. The molecule has 1 aliphatic heterocycles. The summed E-state index contributed by atoms with van der Waals surface area (Å²) in [4.78, 5) is 28.0. The van der Waals surface area contributed by atoms with E-state index in [1.807, 2.05) is 67.4 Å². The van der Waals surface area contributed by atoms with Gasteiger partial charge in [0.1, 0.15) is 11.3 Å². The minimum atomic E-state index is -0.0863. The van der Waals surface area contributed by atoms with Crippen molar-refractivity contribution in [1.82, 2.24) is 4.90 Å². The number of hydrogen-bond donors (Lipinski definition) is 1. The number of para-hydroxylation sites is 1. The third kappa shape index (κ3) is 3.89. The Morgan fingerprint density at radius 3 is 2.76 bits per heavy atom. The predicted molar refractivity (Wildman–Crippen MR) is 114 cm³/mol. The highest BCUT2D eigenvalue weighted by Gasteiger charge is 2.23. The molecule has 2 heterocycles. The van der Waals surface area contributed by atoms with Gasteiger partial charge in [-0.15, -0.1) is 0 Å². The van der Waals surface area contributed by atoms with Gasteiger partial charge < -0.3 is 14.6 Å². The molecule has 0 aliphatic carbocycles. The van der Waals surface area contributed by atoms with Gasteiger partial charge in [0.15, 0.2) is 0 Å². The molecular weight excluding hydrogens is 366 g/mol. The Bertz CT molecular complexity index is 1040. The topological polar surface area (TPSA) is 65.8 Å². The van der Waals surface area contributed by atoms with Gasteiger partial charge in [0, 0.05) is 30.2 Å². The summed E-state index contributed by atoms with van der Waals surface area (Å²) in [5.41, 5.74) is 3.63. The van der Waals surface area contributed by atoms with Crippen LogP contribution >= 0.6 is 0 Å². The lowest BCUT2D eigenvalue weighted by Gasteiger charge is -2.22. The molecule has 2 aromatic carbocycles. The first-order chi connectivity index (χ1) is 13.9. The van der Waals surface area contributed by atoms with E-state index >= 15 is 0 Å². The molecule has 6 heteroatoms. The zero-order chi connectivity index (χ0) is 20.5. The van der Waals surface area contributed by atoms with Crippen LogP contribution in [0.15, 0.2) is 52.9 Å². The number of benzene rings is 2. The SMILES string of the molecule is CC(=O)N1CCc2cc(NC(=O)CN(C)C(C)c3cc4ccccc4o3)ccc21. The van der Waals surface area contributed by atoms with Crippen LogP contribution in [0.2, 0.25) is 0 Å². The first kappa shape index (κ1) is 19.2. The molecule has 6 nitrogen and oxygen atoms in total. The maximum absolute atomic E-state index is 12.6. The number of likely N-dealkylation sites (N-methyl/N-ethyl adjacent to an activating group) is 1. The highest BCUT2D eigenvalue weighted by atomic mass is 16.3. The first-order valence-electron chi connectivity index (χ1n) is 9.82. The van der Waals surface area contributed by atoms with Gasteiger partial charge >= 0.3 is 0 Å². The number of fused-ring (bicyclic) bond motifs is 2. The van der Waals surface area contributed by atoms with Crippen LogP contribution in [0, 0.1) is 0 Å². The second-order valence-corrected chi connectivity index (χ2v) is 7.59. The summed E-state index contributed by atoms with van der Waals surface area (Å²) in [5, 5.41) is 4.03. The molecule has 1 N–H and O–H groups in total. The van der Waals surface area contributed by atoms with Crippen LogP contribution in [0.1, 0.15) is 31.2 Å². The van der Waals surface area contributed by atoms with Gasteiger partial charge in [-0.2, -0.15) is 0 Å². The van der Waals surface area contributed by atoms with E-state index < -0.39 is 0 Å². The van der Waals surface area contributed by atoms with E-state index in [9.17, 15) is 9.59 Å². The average Bonchev–Trinajstić information content (AvgIpc) is 3.30. The van der Waals surface area contributed by atoms with E-state index in [2.05, 4.69) is 5.32 Å². The maximum Gasteiger partial charge on any atom is 0.238 e. The highest BCUT2D eigenvalue weighted by Crippen LogP contribution is 2.31. The summed E-state index contributed by atoms with van der Waals surface area (Å²) >= 11 is 0. The van der Waals surface area contributed by atoms with Crippen molar-refractivity contribution in [2.24, 2.45) is 0 Å². The number of rotatable bonds is 5. The fourth-order valence-corrected chi connectivity index (χ4v) is 3.80. The Hall–Kier alpha value is -3.12. The normalized spacial score (nSPS) is 14.3. The van der Waals surface area contributed by atoms with Crippen molar-refractivity contribution in [3.05, 3.63) is 59.9 Å². The van der Waals surface area contributed by atoms with Gasteiger partial charge in [-0.05, 0) is 56.3 Å². The van der Waals surface area contributed by atoms with Crippen molar-refractivity contribution in [1.29, 1.82) is 0 Å². The van der Waals surface area contributed by atoms with Crippen LogP contribution in [0.3, 0.4) is 0 Å². The summed E-state index contributed by atoms with van der Waals surface area (Å²) in [6.45, 7) is 4.54. The molecule has 150 valence electrons. The molecule has 4 rings (SSSR count). The molecule has 0 bridgehead atoms. The third-order valence-electron chi connectivity index (χ3n) is 5.55. The summed E-state index contributed by atoms with van der Waals surface area (Å²) < 4.78 is 5.92. The molecular formula is C23H25N3O3. The molecule has 0 spiro atoms. The van der Waals surface area contributed by atoms with Crippen LogP contribution in [0.25, 0.3) is 11.0 Å². The minimum absolute atomic E-state index is 0.0303. The molecule has 0 radical (unpaired) electrons. The average molecular weight is 391 g/mol. The lowest BCUT2D eigenvalue weighted by Crippen LogP contribution is -2.32. The zero-order valence-corrected chi connectivity index (χ0v) is 16.9. The van der Waals surface area contributed by atoms with Crippen molar-refractivity contribution in [3.8, 4) is 0 Å². The standard InChI is InChI=1S/C23H25N3O3/c1-15(22-13-18-6-4-5-7-21(18)29-22)25(3)14-23(28)24-19-8-9-20-17(12-19)10-11-26(20)16(2)27/h4-9,12-13,15H,10-11,14H2,1-3H3,(H,24,28). The number of carbonyl (C=O) groups excluding carboxylic acids is 2. The summed E-state index contributed by atoms with van der Waals surface area (Å²) in [7, 11) is 1.91. The minimum Gasteiger partial charge on any atom is -0.459 e. The van der Waals surface area contributed by atoms with E-state index in [-0.39, 0.29) is 24.4 Å². The lowest BCUT2D eigenvalue weighted by atomic mass is 10.1. The van der Waals surface area contributed by atoms with E-state index in [0.717, 1.165) is 40.1 Å². The Balaban J connectivity index is 1.40. The fraction of sp³-hybridized carbons (Fsp3) is 0.304. The van der Waals surface area contributed by atoms with Crippen molar-refractivity contribution in [2.75, 3.05) is 30.4 Å². The number of nitrogens with one attached hydrogen (secondary N) is 1. The van der Waals surface area contributed by atoms with E-state index in [4.69, 9.17) is 4.42 Å². The Morgan fingerprint density at radius 1 is 1.21 bits per heavy atom. The largest absolute Gasteiger partial charge is 0.459 e. The number of nitrogens with zero attached hydrogens (tertiary/aromatic N) is 2. The summed E-state index contributed by atoms with van der Waals surface area (Å²) in [6.07, 6.45) is 0.807. The van der Waals surface area contributed by atoms with Crippen molar-refractivity contribution in [3.63, 3.8) is 0 Å². The molecule has 1 unspecified atom stereocenters. The quantitative estimate of drug-likeness (QED) is 0.715. The molecule has 1 atom stereocenters. The van der Waals surface area contributed by atoms with Crippen molar-refractivity contribution >= 4 is 34.2 Å². The molecule has 2 amide bonds. The van der Waals surface area contributed by atoms with Gasteiger partial charge in [0.05, 0.1) is 12.6 Å². The van der Waals surface area contributed by atoms with Crippen LogP contribution in [-0.2, 0) is 16.0 Å². The third-order valence-corrected chi connectivity index (χ3v) is 5.55. The Morgan fingerprint density at radius 2 is 2.00 bits per heavy atom. The summed E-state index contributed by atoms with van der Waals surface area (Å²) in [5.74, 6) is 0.793. The van der Waals surface area contributed by atoms with Crippen molar-refractivity contribution < 1.29 is 14.0 Å². The monoisotopic (exact) mass is 391 g/mol. The molecule has 3 aromatic rings. The smallest absolute Gasteiger partial charge is 0.238 e. The van der Waals surface area contributed by atoms with Gasteiger partial charge in [0.25, 0.3) is 0 Å². The Labute approximate surface area is 170 Å². The number of anilines is 2. The molecule has 0 saturated carbocycles. The zero-order valence-electron chi connectivity index (χ0n) is 16.9. The molecule has 1 aromatic heterocycles. The second-order valence-electron chi connectivity index (χ2n) is 7.59. The van der Waals surface area contributed by atoms with Crippen LogP contribution < -0.4 is 10.2 Å². The maximum atomic E-state index is 12.6. The molecule has 0 saturated heterocycles. The number of furan rings is 1. The van der Waals surface area contributed by atoms with Crippen LogP contribution in [-0.4, -0.2) is 36.9 Å². The number of hydrogen-bond acceptors (Lipinski definition) is 4. The summed E-state index contributed by atoms with van der Waals surface area (Å²) in [6, 6.07) is 15.6. The predicted octanol–water partition coefficient (Wildman–Crippen LogP) is 3.97. The van der Waals surface area contributed by atoms with E-state index in [1.165, 1.54) is 0 Å². The lowest BCUT2D eigenvalue weighted by molar-refractivity contribution is -0.118. The number of amides is 2.